The van der Waals surface area contributed by atoms with Crippen molar-refractivity contribution >= 4 is 17.3 Å². The zero-order valence-electron chi connectivity index (χ0n) is 9.41. The van der Waals surface area contributed by atoms with Crippen LogP contribution in [0, 0.1) is 17.2 Å². The second-order valence-corrected chi connectivity index (χ2v) is 4.85. The first kappa shape index (κ1) is 11.3. The smallest absolute Gasteiger partial charge is 0.0992 e. The van der Waals surface area contributed by atoms with E-state index in [1.54, 1.807) is 6.07 Å². The molecule has 0 aromatic heterocycles. The van der Waals surface area contributed by atoms with Crippen LogP contribution in [0.2, 0.25) is 5.02 Å². The van der Waals surface area contributed by atoms with Gasteiger partial charge in [-0.3, -0.25) is 0 Å². The van der Waals surface area contributed by atoms with E-state index < -0.39 is 0 Å². The van der Waals surface area contributed by atoms with E-state index in [0.717, 1.165) is 29.7 Å². The fourth-order valence-corrected chi connectivity index (χ4v) is 2.31. The summed E-state index contributed by atoms with van der Waals surface area (Å²) in [5, 5.41) is 9.63. The van der Waals surface area contributed by atoms with Gasteiger partial charge in [-0.15, -0.1) is 0 Å². The van der Waals surface area contributed by atoms with E-state index in [2.05, 4.69) is 17.9 Å². The molecule has 0 bridgehead atoms. The van der Waals surface area contributed by atoms with Crippen LogP contribution in [0.15, 0.2) is 18.2 Å². The normalized spacial score (nSPS) is 17.2. The van der Waals surface area contributed by atoms with Crippen LogP contribution >= 0.6 is 11.6 Å². The fraction of sp³-hybridized carbons (Fsp3) is 0.462. The van der Waals surface area contributed by atoms with Crippen LogP contribution in [0.4, 0.5) is 5.69 Å². The maximum atomic E-state index is 8.88. The molecule has 2 rings (SSSR count). The van der Waals surface area contributed by atoms with Gasteiger partial charge in [-0.2, -0.15) is 5.26 Å². The molecule has 1 heterocycles. The maximum absolute atomic E-state index is 8.88. The van der Waals surface area contributed by atoms with Gasteiger partial charge in [-0.05, 0) is 37.0 Å². The minimum absolute atomic E-state index is 0.679. The van der Waals surface area contributed by atoms with Crippen LogP contribution in [0.1, 0.15) is 25.3 Å². The summed E-state index contributed by atoms with van der Waals surface area (Å²) in [7, 11) is 0. The minimum Gasteiger partial charge on any atom is -0.370 e. The Morgan fingerprint density at radius 2 is 2.06 bits per heavy atom. The van der Waals surface area contributed by atoms with Crippen molar-refractivity contribution < 1.29 is 0 Å². The SMILES string of the molecule is CC1CCN(c2cc(C#N)ccc2Cl)CC1. The molecule has 2 nitrogen and oxygen atoms in total. The van der Waals surface area contributed by atoms with Crippen LogP contribution in [0.25, 0.3) is 0 Å². The van der Waals surface area contributed by atoms with Crippen molar-refractivity contribution in [2.45, 2.75) is 19.8 Å². The molecule has 0 amide bonds. The van der Waals surface area contributed by atoms with Gasteiger partial charge in [-0.25, -0.2) is 0 Å². The summed E-state index contributed by atoms with van der Waals surface area (Å²) in [5.41, 5.74) is 1.69. The average Bonchev–Trinajstić information content (AvgIpc) is 2.31. The Bertz CT molecular complexity index is 414. The molecule has 1 aliphatic heterocycles. The molecule has 0 aliphatic carbocycles. The summed E-state index contributed by atoms with van der Waals surface area (Å²) < 4.78 is 0. The molecule has 0 N–H and O–H groups in total. The van der Waals surface area contributed by atoms with Crippen LogP contribution in [-0.4, -0.2) is 13.1 Å². The van der Waals surface area contributed by atoms with Crippen molar-refractivity contribution in [3.05, 3.63) is 28.8 Å². The van der Waals surface area contributed by atoms with E-state index in [-0.39, 0.29) is 0 Å². The number of anilines is 1. The first-order valence-corrected chi connectivity index (χ1v) is 6.03. The Kier molecular flexibility index (Phi) is 3.36. The molecule has 1 aromatic carbocycles. The van der Waals surface area contributed by atoms with Crippen LogP contribution in [-0.2, 0) is 0 Å². The first-order valence-electron chi connectivity index (χ1n) is 5.65. The lowest BCUT2D eigenvalue weighted by atomic mass is 9.98. The monoisotopic (exact) mass is 234 g/mol. The Morgan fingerprint density at radius 1 is 1.38 bits per heavy atom. The summed E-state index contributed by atoms with van der Waals surface area (Å²) in [6.07, 6.45) is 2.40. The zero-order chi connectivity index (χ0) is 11.5. The minimum atomic E-state index is 0.679. The number of rotatable bonds is 1. The predicted molar refractivity (Wildman–Crippen MR) is 66.8 cm³/mol. The van der Waals surface area contributed by atoms with Crippen LogP contribution in [0.3, 0.4) is 0 Å². The highest BCUT2D eigenvalue weighted by molar-refractivity contribution is 6.33. The molecular formula is C13H15ClN2. The van der Waals surface area contributed by atoms with Crippen LogP contribution < -0.4 is 4.90 Å². The number of benzene rings is 1. The Morgan fingerprint density at radius 3 is 2.69 bits per heavy atom. The van der Waals surface area contributed by atoms with Crippen molar-refractivity contribution in [3.8, 4) is 6.07 Å². The molecule has 84 valence electrons. The van der Waals surface area contributed by atoms with Gasteiger partial charge in [0, 0.05) is 13.1 Å². The Balaban J connectivity index is 2.23. The quantitative estimate of drug-likeness (QED) is 0.744. The van der Waals surface area contributed by atoms with Gasteiger partial charge in [-0.1, -0.05) is 18.5 Å². The molecule has 1 aliphatic rings. The zero-order valence-corrected chi connectivity index (χ0v) is 10.2. The topological polar surface area (TPSA) is 27.0 Å². The fourth-order valence-electron chi connectivity index (χ4n) is 2.07. The van der Waals surface area contributed by atoms with Gasteiger partial charge >= 0.3 is 0 Å². The Hall–Kier alpha value is -1.20. The van der Waals surface area contributed by atoms with Gasteiger partial charge in [0.25, 0.3) is 0 Å². The lowest BCUT2D eigenvalue weighted by Gasteiger charge is -2.32. The predicted octanol–water partition coefficient (Wildman–Crippen LogP) is 3.45. The molecule has 0 radical (unpaired) electrons. The van der Waals surface area contributed by atoms with Gasteiger partial charge in [0.1, 0.15) is 0 Å². The summed E-state index contributed by atoms with van der Waals surface area (Å²) in [5.74, 6) is 0.800. The lowest BCUT2D eigenvalue weighted by Crippen LogP contribution is -2.32. The molecule has 1 fully saturated rings. The number of halogens is 1. The first-order chi connectivity index (χ1) is 7.70. The van der Waals surface area contributed by atoms with Gasteiger partial charge in [0.05, 0.1) is 22.3 Å². The van der Waals surface area contributed by atoms with Gasteiger partial charge in [0.2, 0.25) is 0 Å². The largest absolute Gasteiger partial charge is 0.370 e. The van der Waals surface area contributed by atoms with Crippen molar-refractivity contribution in [3.63, 3.8) is 0 Å². The lowest BCUT2D eigenvalue weighted by molar-refractivity contribution is 0.438. The number of hydrogen-bond donors (Lipinski definition) is 0. The van der Waals surface area contributed by atoms with E-state index in [0.29, 0.717) is 5.56 Å². The number of piperidine rings is 1. The highest BCUT2D eigenvalue weighted by Crippen LogP contribution is 2.30. The van der Waals surface area contributed by atoms with Crippen LogP contribution in [0.5, 0.6) is 0 Å². The molecule has 3 heteroatoms. The van der Waals surface area contributed by atoms with E-state index in [1.807, 2.05) is 12.1 Å². The maximum Gasteiger partial charge on any atom is 0.0992 e. The highest BCUT2D eigenvalue weighted by atomic mass is 35.5. The van der Waals surface area contributed by atoms with Crippen molar-refractivity contribution in [2.75, 3.05) is 18.0 Å². The third-order valence-corrected chi connectivity index (χ3v) is 3.52. The van der Waals surface area contributed by atoms with Crippen molar-refractivity contribution in [2.24, 2.45) is 5.92 Å². The van der Waals surface area contributed by atoms with Crippen molar-refractivity contribution in [1.29, 1.82) is 5.26 Å². The molecule has 0 atom stereocenters. The summed E-state index contributed by atoms with van der Waals surface area (Å²) in [6.45, 7) is 4.36. The van der Waals surface area contributed by atoms with Gasteiger partial charge < -0.3 is 4.90 Å². The second-order valence-electron chi connectivity index (χ2n) is 4.45. The summed E-state index contributed by atoms with van der Waals surface area (Å²) in [6, 6.07) is 7.62. The third kappa shape index (κ3) is 2.31. The molecule has 1 aromatic rings. The number of nitrogens with zero attached hydrogens (tertiary/aromatic N) is 2. The van der Waals surface area contributed by atoms with E-state index >= 15 is 0 Å². The number of nitriles is 1. The van der Waals surface area contributed by atoms with E-state index in [4.69, 9.17) is 16.9 Å². The van der Waals surface area contributed by atoms with E-state index in [1.165, 1.54) is 12.8 Å². The summed E-state index contributed by atoms with van der Waals surface area (Å²) >= 11 is 6.17. The number of hydrogen-bond acceptors (Lipinski definition) is 2. The Labute approximate surface area is 101 Å². The molecular weight excluding hydrogens is 220 g/mol. The van der Waals surface area contributed by atoms with Gasteiger partial charge in [0.15, 0.2) is 0 Å². The molecule has 0 saturated carbocycles. The highest BCUT2D eigenvalue weighted by Gasteiger charge is 2.18. The third-order valence-electron chi connectivity index (χ3n) is 3.20. The molecule has 1 saturated heterocycles. The second kappa shape index (κ2) is 4.76. The summed E-state index contributed by atoms with van der Waals surface area (Å²) in [4.78, 5) is 2.28. The van der Waals surface area contributed by atoms with Crippen molar-refractivity contribution in [1.82, 2.24) is 0 Å². The average molecular weight is 235 g/mol. The van der Waals surface area contributed by atoms with E-state index in [9.17, 15) is 0 Å². The standard InChI is InChI=1S/C13H15ClN2/c1-10-4-6-16(7-5-10)13-8-11(9-15)2-3-12(13)14/h2-3,8,10H,4-7H2,1H3. The molecule has 16 heavy (non-hydrogen) atoms. The molecule has 0 spiro atoms. The molecule has 0 unspecified atom stereocenters.